The number of para-hydroxylation sites is 2. The van der Waals surface area contributed by atoms with E-state index in [0.717, 1.165) is 11.1 Å². The Bertz CT molecular complexity index is 795. The Kier molecular flexibility index (Phi) is 2.68. The first kappa shape index (κ1) is 12.3. The zero-order valence-corrected chi connectivity index (χ0v) is 11.2. The standard InChI is InChI=1S/C16H13FN2O2/c17-12-7-10(5-9-6-11(8-18)20-15(9)12)16-19-13-3-1-2-4-14(13)21-16/h1-5,7,11H,6,8,18H2/t11-/m0/s1. The van der Waals surface area contributed by atoms with Crippen molar-refractivity contribution in [2.75, 3.05) is 6.54 Å². The molecule has 0 bridgehead atoms. The molecule has 0 fully saturated rings. The molecule has 0 saturated carbocycles. The van der Waals surface area contributed by atoms with E-state index < -0.39 is 5.82 Å². The van der Waals surface area contributed by atoms with Crippen molar-refractivity contribution in [3.05, 3.63) is 47.8 Å². The maximum atomic E-state index is 14.2. The highest BCUT2D eigenvalue weighted by Gasteiger charge is 2.26. The molecule has 1 atom stereocenters. The molecule has 1 aliphatic heterocycles. The summed E-state index contributed by atoms with van der Waals surface area (Å²) in [4.78, 5) is 4.39. The lowest BCUT2D eigenvalue weighted by molar-refractivity contribution is 0.232. The fraction of sp³-hybridized carbons (Fsp3) is 0.188. The average molecular weight is 284 g/mol. The van der Waals surface area contributed by atoms with Crippen molar-refractivity contribution in [1.29, 1.82) is 0 Å². The van der Waals surface area contributed by atoms with Gasteiger partial charge in [-0.2, -0.15) is 0 Å². The summed E-state index contributed by atoms with van der Waals surface area (Å²) in [5, 5.41) is 0. The number of aromatic nitrogens is 1. The van der Waals surface area contributed by atoms with Crippen LogP contribution in [0.25, 0.3) is 22.6 Å². The predicted octanol–water partition coefficient (Wildman–Crippen LogP) is 2.90. The summed E-state index contributed by atoms with van der Waals surface area (Å²) in [6, 6.07) is 10.7. The summed E-state index contributed by atoms with van der Waals surface area (Å²) in [5.41, 5.74) is 8.45. The van der Waals surface area contributed by atoms with E-state index in [1.54, 1.807) is 0 Å². The summed E-state index contributed by atoms with van der Waals surface area (Å²) in [7, 11) is 0. The molecule has 5 heteroatoms. The van der Waals surface area contributed by atoms with Crippen molar-refractivity contribution in [1.82, 2.24) is 4.98 Å². The lowest BCUT2D eigenvalue weighted by Gasteiger charge is -2.06. The van der Waals surface area contributed by atoms with Gasteiger partial charge in [0.05, 0.1) is 0 Å². The number of halogens is 1. The van der Waals surface area contributed by atoms with Crippen molar-refractivity contribution >= 4 is 11.1 Å². The van der Waals surface area contributed by atoms with Crippen LogP contribution in [0.3, 0.4) is 0 Å². The van der Waals surface area contributed by atoms with Crippen molar-refractivity contribution in [2.45, 2.75) is 12.5 Å². The third kappa shape index (κ3) is 1.97. The number of ether oxygens (including phenoxy) is 1. The molecule has 106 valence electrons. The maximum absolute atomic E-state index is 14.2. The summed E-state index contributed by atoms with van der Waals surface area (Å²) in [5.74, 6) is 0.306. The van der Waals surface area contributed by atoms with Crippen LogP contribution in [0, 0.1) is 5.82 Å². The summed E-state index contributed by atoms with van der Waals surface area (Å²) < 4.78 is 25.3. The van der Waals surface area contributed by atoms with Crippen LogP contribution >= 0.6 is 0 Å². The third-order valence-corrected chi connectivity index (χ3v) is 3.66. The van der Waals surface area contributed by atoms with E-state index in [4.69, 9.17) is 14.9 Å². The van der Waals surface area contributed by atoms with Crippen molar-refractivity contribution in [3.8, 4) is 17.2 Å². The number of oxazole rings is 1. The van der Waals surface area contributed by atoms with E-state index in [0.29, 0.717) is 35.8 Å². The maximum Gasteiger partial charge on any atom is 0.227 e. The topological polar surface area (TPSA) is 61.3 Å². The lowest BCUT2D eigenvalue weighted by Crippen LogP contribution is -2.24. The van der Waals surface area contributed by atoms with E-state index in [-0.39, 0.29) is 6.10 Å². The van der Waals surface area contributed by atoms with Gasteiger partial charge in [-0.15, -0.1) is 0 Å². The first-order valence-corrected chi connectivity index (χ1v) is 6.79. The Morgan fingerprint density at radius 1 is 1.29 bits per heavy atom. The van der Waals surface area contributed by atoms with Gasteiger partial charge in [0.15, 0.2) is 17.1 Å². The largest absolute Gasteiger partial charge is 0.485 e. The highest BCUT2D eigenvalue weighted by molar-refractivity contribution is 5.76. The summed E-state index contributed by atoms with van der Waals surface area (Å²) in [6.07, 6.45) is 0.449. The Labute approximate surface area is 120 Å². The molecule has 0 saturated heterocycles. The highest BCUT2D eigenvalue weighted by atomic mass is 19.1. The van der Waals surface area contributed by atoms with Crippen LogP contribution in [0.4, 0.5) is 4.39 Å². The molecule has 4 rings (SSSR count). The fourth-order valence-corrected chi connectivity index (χ4v) is 2.64. The normalized spacial score (nSPS) is 17.0. The molecule has 3 aromatic rings. The molecule has 0 radical (unpaired) electrons. The van der Waals surface area contributed by atoms with E-state index in [9.17, 15) is 4.39 Å². The molecule has 4 nitrogen and oxygen atoms in total. The monoisotopic (exact) mass is 284 g/mol. The smallest absolute Gasteiger partial charge is 0.227 e. The van der Waals surface area contributed by atoms with E-state index >= 15 is 0 Å². The van der Waals surface area contributed by atoms with Crippen LogP contribution in [0.15, 0.2) is 40.8 Å². The number of hydrogen-bond acceptors (Lipinski definition) is 4. The van der Waals surface area contributed by atoms with Crippen molar-refractivity contribution in [2.24, 2.45) is 5.73 Å². The van der Waals surface area contributed by atoms with Gasteiger partial charge >= 0.3 is 0 Å². The first-order valence-electron chi connectivity index (χ1n) is 6.79. The number of nitrogens with two attached hydrogens (primary N) is 1. The quantitative estimate of drug-likeness (QED) is 0.786. The Hall–Kier alpha value is -2.40. The molecule has 2 aromatic carbocycles. The minimum Gasteiger partial charge on any atom is -0.485 e. The lowest BCUT2D eigenvalue weighted by atomic mass is 10.1. The highest BCUT2D eigenvalue weighted by Crippen LogP contribution is 2.36. The van der Waals surface area contributed by atoms with Gasteiger partial charge in [-0.05, 0) is 24.3 Å². The molecule has 21 heavy (non-hydrogen) atoms. The molecule has 0 unspecified atom stereocenters. The minimum atomic E-state index is -0.402. The molecule has 0 amide bonds. The Balaban J connectivity index is 1.81. The van der Waals surface area contributed by atoms with Gasteiger partial charge in [-0.3, -0.25) is 0 Å². The van der Waals surface area contributed by atoms with Crippen molar-refractivity contribution < 1.29 is 13.5 Å². The van der Waals surface area contributed by atoms with E-state index in [1.165, 1.54) is 6.07 Å². The van der Waals surface area contributed by atoms with Crippen LogP contribution in [0.1, 0.15) is 5.56 Å². The van der Waals surface area contributed by atoms with Gasteiger partial charge in [0.2, 0.25) is 5.89 Å². The van der Waals surface area contributed by atoms with E-state index in [1.807, 2.05) is 30.3 Å². The van der Waals surface area contributed by atoms with Gasteiger partial charge < -0.3 is 14.9 Å². The number of nitrogens with zero attached hydrogens (tertiary/aromatic N) is 1. The third-order valence-electron chi connectivity index (χ3n) is 3.66. The van der Waals surface area contributed by atoms with Crippen LogP contribution in [0.2, 0.25) is 0 Å². The molecule has 1 aromatic heterocycles. The van der Waals surface area contributed by atoms with E-state index in [2.05, 4.69) is 4.98 Å². The molecular formula is C16H13FN2O2. The van der Waals surface area contributed by atoms with Crippen LogP contribution in [0.5, 0.6) is 5.75 Å². The molecule has 0 aliphatic carbocycles. The molecule has 2 heterocycles. The fourth-order valence-electron chi connectivity index (χ4n) is 2.64. The zero-order valence-electron chi connectivity index (χ0n) is 11.2. The first-order chi connectivity index (χ1) is 10.2. The second-order valence-corrected chi connectivity index (χ2v) is 5.11. The average Bonchev–Trinajstić information content (AvgIpc) is 3.10. The molecular weight excluding hydrogens is 271 g/mol. The van der Waals surface area contributed by atoms with Crippen LogP contribution in [-0.4, -0.2) is 17.6 Å². The second kappa shape index (κ2) is 4.56. The van der Waals surface area contributed by atoms with Crippen LogP contribution in [-0.2, 0) is 6.42 Å². The van der Waals surface area contributed by atoms with Gasteiger partial charge in [-0.1, -0.05) is 12.1 Å². The minimum absolute atomic E-state index is 0.159. The summed E-state index contributed by atoms with van der Waals surface area (Å²) >= 11 is 0. The number of hydrogen-bond donors (Lipinski definition) is 1. The number of fused-ring (bicyclic) bond motifs is 2. The van der Waals surface area contributed by atoms with Gasteiger partial charge in [0.25, 0.3) is 0 Å². The van der Waals surface area contributed by atoms with Gasteiger partial charge in [0, 0.05) is 24.1 Å². The Morgan fingerprint density at radius 2 is 2.14 bits per heavy atom. The number of benzene rings is 2. The molecule has 0 spiro atoms. The Morgan fingerprint density at radius 3 is 2.95 bits per heavy atom. The SMILES string of the molecule is NC[C@@H]1Cc2cc(-c3nc4ccccc4o3)cc(F)c2O1. The van der Waals surface area contributed by atoms with Gasteiger partial charge in [0.1, 0.15) is 11.6 Å². The summed E-state index contributed by atoms with van der Waals surface area (Å²) in [6.45, 7) is 0.367. The van der Waals surface area contributed by atoms with Crippen molar-refractivity contribution in [3.63, 3.8) is 0 Å². The van der Waals surface area contributed by atoms with Gasteiger partial charge in [-0.25, -0.2) is 9.37 Å². The van der Waals surface area contributed by atoms with Crippen LogP contribution < -0.4 is 10.5 Å². The predicted molar refractivity (Wildman–Crippen MR) is 76.6 cm³/mol. The molecule has 1 aliphatic rings. The number of rotatable bonds is 2. The second-order valence-electron chi connectivity index (χ2n) is 5.11. The molecule has 2 N–H and O–H groups in total. The zero-order chi connectivity index (χ0) is 14.4.